The Morgan fingerprint density at radius 2 is 1.89 bits per heavy atom. The summed E-state index contributed by atoms with van der Waals surface area (Å²) in [5.41, 5.74) is 0.794. The molecule has 0 spiro atoms. The average molecular weight is 404 g/mol. The number of rotatable bonds is 5. The molecule has 1 heterocycles. The van der Waals surface area contributed by atoms with E-state index in [1.807, 2.05) is 31.2 Å². The van der Waals surface area contributed by atoms with Crippen LogP contribution in [0.25, 0.3) is 0 Å². The van der Waals surface area contributed by atoms with Crippen molar-refractivity contribution in [1.82, 2.24) is 15.5 Å². The maximum atomic E-state index is 13.3. The number of nitrogens with one attached hydrogen (secondary N) is 2. The Morgan fingerprint density at radius 1 is 1.21 bits per heavy atom. The molecule has 4 amide bonds. The highest BCUT2D eigenvalue weighted by atomic mass is 35.5. The molecule has 1 fully saturated rings. The molecule has 8 heteroatoms. The maximum absolute atomic E-state index is 13.3. The van der Waals surface area contributed by atoms with Crippen molar-refractivity contribution in [2.24, 2.45) is 0 Å². The summed E-state index contributed by atoms with van der Waals surface area (Å²) in [6.07, 6.45) is 0. The van der Waals surface area contributed by atoms with Crippen LogP contribution in [0, 0.1) is 12.7 Å². The van der Waals surface area contributed by atoms with Gasteiger partial charge in [0.2, 0.25) is 5.91 Å². The second-order valence-electron chi connectivity index (χ2n) is 6.83. The SMILES string of the molecule is Cc1ccc(CNC(=O)CN2C(=O)NC(C)(c3ccc(F)cc3Cl)C2=O)cc1. The summed E-state index contributed by atoms with van der Waals surface area (Å²) in [5.74, 6) is -1.66. The lowest BCUT2D eigenvalue weighted by Crippen LogP contribution is -2.43. The average Bonchev–Trinajstić information content (AvgIpc) is 2.85. The van der Waals surface area contributed by atoms with Crippen LogP contribution in [-0.2, 0) is 21.7 Å². The van der Waals surface area contributed by atoms with Gasteiger partial charge in [-0.05, 0) is 31.5 Å². The van der Waals surface area contributed by atoms with Gasteiger partial charge < -0.3 is 10.6 Å². The van der Waals surface area contributed by atoms with E-state index in [1.54, 1.807) is 0 Å². The number of halogens is 2. The van der Waals surface area contributed by atoms with Crippen LogP contribution >= 0.6 is 11.6 Å². The predicted octanol–water partition coefficient (Wildman–Crippen LogP) is 2.87. The lowest BCUT2D eigenvalue weighted by molar-refractivity contribution is -0.134. The molecule has 2 aromatic carbocycles. The zero-order chi connectivity index (χ0) is 20.5. The van der Waals surface area contributed by atoms with Crippen molar-refractivity contribution in [1.29, 1.82) is 0 Å². The third-order valence-electron chi connectivity index (χ3n) is 4.66. The van der Waals surface area contributed by atoms with Gasteiger partial charge >= 0.3 is 6.03 Å². The zero-order valence-corrected chi connectivity index (χ0v) is 16.1. The van der Waals surface area contributed by atoms with Gasteiger partial charge in [0.15, 0.2) is 0 Å². The van der Waals surface area contributed by atoms with Crippen molar-refractivity contribution < 1.29 is 18.8 Å². The van der Waals surface area contributed by atoms with E-state index in [4.69, 9.17) is 11.6 Å². The second-order valence-corrected chi connectivity index (χ2v) is 7.24. The number of carbonyl (C=O) groups excluding carboxylic acids is 3. The van der Waals surface area contributed by atoms with Gasteiger partial charge in [-0.15, -0.1) is 0 Å². The molecule has 0 radical (unpaired) electrons. The largest absolute Gasteiger partial charge is 0.350 e. The third kappa shape index (κ3) is 3.84. The fraction of sp³-hybridized carbons (Fsp3) is 0.250. The molecule has 2 N–H and O–H groups in total. The number of nitrogens with zero attached hydrogens (tertiary/aromatic N) is 1. The Hall–Kier alpha value is -2.93. The number of urea groups is 1. The van der Waals surface area contributed by atoms with E-state index in [2.05, 4.69) is 10.6 Å². The van der Waals surface area contributed by atoms with Gasteiger partial charge in [0.05, 0.1) is 0 Å². The first-order chi connectivity index (χ1) is 13.2. The highest BCUT2D eigenvalue weighted by molar-refractivity contribution is 6.32. The van der Waals surface area contributed by atoms with Gasteiger partial charge in [0.25, 0.3) is 5.91 Å². The first-order valence-corrected chi connectivity index (χ1v) is 9.00. The molecule has 146 valence electrons. The van der Waals surface area contributed by atoms with Crippen LogP contribution in [0.2, 0.25) is 5.02 Å². The minimum atomic E-state index is -1.47. The lowest BCUT2D eigenvalue weighted by atomic mass is 9.92. The molecule has 3 rings (SSSR count). The van der Waals surface area contributed by atoms with E-state index >= 15 is 0 Å². The summed E-state index contributed by atoms with van der Waals surface area (Å²) in [6, 6.07) is 10.5. The molecule has 0 bridgehead atoms. The van der Waals surface area contributed by atoms with E-state index in [-0.39, 0.29) is 17.1 Å². The Bertz CT molecular complexity index is 948. The molecule has 1 atom stereocenters. The molecule has 1 saturated heterocycles. The van der Waals surface area contributed by atoms with Crippen LogP contribution in [0.5, 0.6) is 0 Å². The van der Waals surface area contributed by atoms with Crippen LogP contribution < -0.4 is 10.6 Å². The van der Waals surface area contributed by atoms with E-state index in [0.717, 1.165) is 28.2 Å². The van der Waals surface area contributed by atoms with Gasteiger partial charge in [0, 0.05) is 17.1 Å². The molecular weight excluding hydrogens is 385 g/mol. The molecule has 28 heavy (non-hydrogen) atoms. The first kappa shape index (κ1) is 19.8. The van der Waals surface area contributed by atoms with Crippen LogP contribution in [0.3, 0.4) is 0 Å². The number of amides is 4. The minimum Gasteiger partial charge on any atom is -0.350 e. The van der Waals surface area contributed by atoms with Gasteiger partial charge in [-0.2, -0.15) is 0 Å². The third-order valence-corrected chi connectivity index (χ3v) is 4.97. The number of imide groups is 1. The number of carbonyl (C=O) groups is 3. The van der Waals surface area contributed by atoms with Crippen molar-refractivity contribution in [3.63, 3.8) is 0 Å². The minimum absolute atomic E-state index is 0.0156. The van der Waals surface area contributed by atoms with Gasteiger partial charge in [-0.1, -0.05) is 47.5 Å². The van der Waals surface area contributed by atoms with Gasteiger partial charge in [-0.25, -0.2) is 9.18 Å². The van der Waals surface area contributed by atoms with Crippen LogP contribution in [-0.4, -0.2) is 29.3 Å². The Labute approximate surface area is 166 Å². The van der Waals surface area contributed by atoms with E-state index in [9.17, 15) is 18.8 Å². The number of hydrogen-bond donors (Lipinski definition) is 2. The normalized spacial score (nSPS) is 18.9. The molecule has 6 nitrogen and oxygen atoms in total. The number of aryl methyl sites for hydroxylation is 1. The Morgan fingerprint density at radius 3 is 2.54 bits per heavy atom. The van der Waals surface area contributed by atoms with Crippen LogP contribution in [0.15, 0.2) is 42.5 Å². The molecular formula is C20H19ClFN3O3. The smallest absolute Gasteiger partial charge is 0.325 e. The second kappa shape index (κ2) is 7.59. The summed E-state index contributed by atoms with van der Waals surface area (Å²) in [7, 11) is 0. The maximum Gasteiger partial charge on any atom is 0.325 e. The molecule has 0 aromatic heterocycles. The van der Waals surface area contributed by atoms with Crippen molar-refractivity contribution in [3.05, 3.63) is 70.0 Å². The molecule has 2 aromatic rings. The van der Waals surface area contributed by atoms with Gasteiger partial charge in [0.1, 0.15) is 17.9 Å². The van der Waals surface area contributed by atoms with Crippen molar-refractivity contribution in [2.45, 2.75) is 25.9 Å². The van der Waals surface area contributed by atoms with Crippen LogP contribution in [0.1, 0.15) is 23.6 Å². The van der Waals surface area contributed by atoms with Gasteiger partial charge in [-0.3, -0.25) is 14.5 Å². The Kier molecular flexibility index (Phi) is 5.38. The summed E-state index contributed by atoms with van der Waals surface area (Å²) < 4.78 is 13.3. The van der Waals surface area contributed by atoms with Crippen molar-refractivity contribution >= 4 is 29.4 Å². The zero-order valence-electron chi connectivity index (χ0n) is 15.4. The van der Waals surface area contributed by atoms with E-state index in [1.165, 1.54) is 13.0 Å². The van der Waals surface area contributed by atoms with E-state index in [0.29, 0.717) is 0 Å². The van der Waals surface area contributed by atoms with Crippen molar-refractivity contribution in [3.8, 4) is 0 Å². The topological polar surface area (TPSA) is 78.5 Å². The molecule has 1 aliphatic rings. The lowest BCUT2D eigenvalue weighted by Gasteiger charge is -2.23. The fourth-order valence-electron chi connectivity index (χ4n) is 3.02. The first-order valence-electron chi connectivity index (χ1n) is 8.62. The van der Waals surface area contributed by atoms with Crippen molar-refractivity contribution in [2.75, 3.05) is 6.54 Å². The van der Waals surface area contributed by atoms with Crippen LogP contribution in [0.4, 0.5) is 9.18 Å². The molecule has 0 saturated carbocycles. The Balaban J connectivity index is 1.69. The molecule has 0 aliphatic carbocycles. The predicted molar refractivity (Wildman–Crippen MR) is 102 cm³/mol. The highest BCUT2D eigenvalue weighted by Gasteiger charge is 2.50. The summed E-state index contributed by atoms with van der Waals surface area (Å²) >= 11 is 6.05. The van der Waals surface area contributed by atoms with E-state index < -0.39 is 35.7 Å². The highest BCUT2D eigenvalue weighted by Crippen LogP contribution is 2.33. The summed E-state index contributed by atoms with van der Waals surface area (Å²) in [6.45, 7) is 3.29. The number of benzene rings is 2. The fourth-order valence-corrected chi connectivity index (χ4v) is 3.38. The monoisotopic (exact) mass is 403 g/mol. The summed E-state index contributed by atoms with van der Waals surface area (Å²) in [5, 5.41) is 5.24. The molecule has 1 unspecified atom stereocenters. The quantitative estimate of drug-likeness (QED) is 0.753. The summed E-state index contributed by atoms with van der Waals surface area (Å²) in [4.78, 5) is 38.2. The standard InChI is InChI=1S/C20H19ClFN3O3/c1-12-3-5-13(6-4-12)10-23-17(26)11-25-18(27)20(2,24-19(25)28)15-8-7-14(22)9-16(15)21/h3-9H,10-11H2,1-2H3,(H,23,26)(H,24,28). The molecule has 1 aliphatic heterocycles. The number of hydrogen-bond acceptors (Lipinski definition) is 3.